The van der Waals surface area contributed by atoms with Gasteiger partial charge in [-0.15, -0.1) is 0 Å². The first-order valence-electron chi connectivity index (χ1n) is 7.05. The molecule has 0 aromatic heterocycles. The minimum absolute atomic E-state index is 0.494. The lowest BCUT2D eigenvalue weighted by Crippen LogP contribution is -2.00. The monoisotopic (exact) mass is 353 g/mol. The average Bonchev–Trinajstić information content (AvgIpc) is 2.56. The van der Waals surface area contributed by atoms with Crippen LogP contribution in [0.2, 0.25) is 0 Å². The molecule has 0 unspecified atom stereocenters. The minimum atomic E-state index is 0.494. The maximum absolute atomic E-state index is 6.17. The van der Waals surface area contributed by atoms with Crippen molar-refractivity contribution in [2.24, 2.45) is 0 Å². The predicted molar refractivity (Wildman–Crippen MR) is 94.8 cm³/mol. The van der Waals surface area contributed by atoms with Crippen LogP contribution in [0.15, 0.2) is 77.3 Å². The summed E-state index contributed by atoms with van der Waals surface area (Å²) in [5.41, 5.74) is 10.1. The summed E-state index contributed by atoms with van der Waals surface area (Å²) in [6.45, 7) is 0.494. The van der Waals surface area contributed by atoms with E-state index in [0.29, 0.717) is 18.0 Å². The van der Waals surface area contributed by atoms with Gasteiger partial charge in [0.2, 0.25) is 0 Å². The van der Waals surface area contributed by atoms with Crippen molar-refractivity contribution in [2.45, 2.75) is 6.61 Å². The Morgan fingerprint density at radius 3 is 2.09 bits per heavy atom. The average molecular weight is 354 g/mol. The van der Waals surface area contributed by atoms with Crippen LogP contribution in [0, 0.1) is 0 Å². The summed E-state index contributed by atoms with van der Waals surface area (Å²) in [4.78, 5) is 0. The highest BCUT2D eigenvalue weighted by Crippen LogP contribution is 2.36. The molecule has 0 aliphatic carbocycles. The lowest BCUT2D eigenvalue weighted by Gasteiger charge is -2.13. The quantitative estimate of drug-likeness (QED) is 0.647. The molecule has 0 atom stereocenters. The zero-order chi connectivity index (χ0) is 15.4. The van der Waals surface area contributed by atoms with Gasteiger partial charge in [0, 0.05) is 0 Å². The zero-order valence-corrected chi connectivity index (χ0v) is 13.6. The number of nitrogen functional groups attached to an aromatic ring is 1. The van der Waals surface area contributed by atoms with Gasteiger partial charge in [-0.25, -0.2) is 0 Å². The molecule has 2 nitrogen and oxygen atoms in total. The van der Waals surface area contributed by atoms with Crippen LogP contribution in [0.5, 0.6) is 5.75 Å². The zero-order valence-electron chi connectivity index (χ0n) is 12.0. The summed E-state index contributed by atoms with van der Waals surface area (Å²) in [5.74, 6) is 0.684. The Bertz CT molecular complexity index is 734. The number of rotatable bonds is 4. The van der Waals surface area contributed by atoms with Gasteiger partial charge in [-0.3, -0.25) is 0 Å². The van der Waals surface area contributed by atoms with Crippen molar-refractivity contribution in [1.29, 1.82) is 0 Å². The van der Waals surface area contributed by atoms with E-state index >= 15 is 0 Å². The van der Waals surface area contributed by atoms with E-state index in [1.54, 1.807) is 0 Å². The van der Waals surface area contributed by atoms with Gasteiger partial charge in [0.1, 0.15) is 6.61 Å². The minimum Gasteiger partial charge on any atom is -0.486 e. The second kappa shape index (κ2) is 6.67. The number of nitrogens with two attached hydrogens (primary N) is 1. The van der Waals surface area contributed by atoms with E-state index in [0.717, 1.165) is 21.2 Å². The van der Waals surface area contributed by atoms with Crippen LogP contribution in [0.1, 0.15) is 5.56 Å². The lowest BCUT2D eigenvalue weighted by atomic mass is 10.0. The molecular formula is C19H16BrNO. The molecule has 0 amide bonds. The van der Waals surface area contributed by atoms with E-state index < -0.39 is 0 Å². The highest BCUT2D eigenvalue weighted by molar-refractivity contribution is 9.10. The van der Waals surface area contributed by atoms with Gasteiger partial charge in [0.15, 0.2) is 5.75 Å². The largest absolute Gasteiger partial charge is 0.486 e. The van der Waals surface area contributed by atoms with E-state index in [2.05, 4.69) is 28.1 Å². The van der Waals surface area contributed by atoms with Gasteiger partial charge in [0.05, 0.1) is 10.2 Å². The van der Waals surface area contributed by atoms with Crippen molar-refractivity contribution in [1.82, 2.24) is 0 Å². The number of halogens is 1. The molecule has 3 aromatic carbocycles. The van der Waals surface area contributed by atoms with Gasteiger partial charge in [-0.1, -0.05) is 60.7 Å². The molecule has 3 rings (SSSR count). The van der Waals surface area contributed by atoms with Crippen LogP contribution in [0.3, 0.4) is 0 Å². The SMILES string of the molecule is Nc1cc(-c2ccccc2)cc(Br)c1OCc1ccccc1. The molecule has 0 fully saturated rings. The van der Waals surface area contributed by atoms with Gasteiger partial charge in [-0.2, -0.15) is 0 Å². The van der Waals surface area contributed by atoms with E-state index in [4.69, 9.17) is 10.5 Å². The molecule has 3 heteroatoms. The normalized spacial score (nSPS) is 10.4. The summed E-state index contributed by atoms with van der Waals surface area (Å²) in [6, 6.07) is 24.2. The number of anilines is 1. The number of hydrogen-bond donors (Lipinski definition) is 1. The molecule has 0 aliphatic rings. The van der Waals surface area contributed by atoms with Crippen molar-refractivity contribution in [3.8, 4) is 16.9 Å². The molecule has 110 valence electrons. The molecule has 2 N–H and O–H groups in total. The fourth-order valence-corrected chi connectivity index (χ4v) is 2.88. The van der Waals surface area contributed by atoms with Crippen LogP contribution in [-0.2, 0) is 6.61 Å². The van der Waals surface area contributed by atoms with Crippen LogP contribution in [0.4, 0.5) is 5.69 Å². The third kappa shape index (κ3) is 3.31. The molecule has 22 heavy (non-hydrogen) atoms. The van der Waals surface area contributed by atoms with E-state index in [1.165, 1.54) is 0 Å². The fraction of sp³-hybridized carbons (Fsp3) is 0.0526. The van der Waals surface area contributed by atoms with E-state index in [9.17, 15) is 0 Å². The maximum Gasteiger partial charge on any atom is 0.156 e. The Morgan fingerprint density at radius 1 is 0.818 bits per heavy atom. The fourth-order valence-electron chi connectivity index (χ4n) is 2.29. The Labute approximate surface area is 138 Å². The van der Waals surface area contributed by atoms with Crippen LogP contribution in [0.25, 0.3) is 11.1 Å². The lowest BCUT2D eigenvalue weighted by molar-refractivity contribution is 0.306. The maximum atomic E-state index is 6.17. The van der Waals surface area contributed by atoms with E-state index in [-0.39, 0.29) is 0 Å². The summed E-state index contributed by atoms with van der Waals surface area (Å²) < 4.78 is 6.74. The second-order valence-electron chi connectivity index (χ2n) is 5.02. The molecule has 0 radical (unpaired) electrons. The highest BCUT2D eigenvalue weighted by atomic mass is 79.9. The van der Waals surface area contributed by atoms with E-state index in [1.807, 2.05) is 60.7 Å². The third-order valence-electron chi connectivity index (χ3n) is 3.41. The molecule has 0 spiro atoms. The summed E-state index contributed by atoms with van der Waals surface area (Å²) in [5, 5.41) is 0. The van der Waals surface area contributed by atoms with Gasteiger partial charge in [0.25, 0.3) is 0 Å². The Hall–Kier alpha value is -2.26. The molecule has 3 aromatic rings. The molecular weight excluding hydrogens is 338 g/mol. The first-order chi connectivity index (χ1) is 10.7. The first kappa shape index (κ1) is 14.7. The third-order valence-corrected chi connectivity index (χ3v) is 3.99. The molecule has 0 bridgehead atoms. The van der Waals surface area contributed by atoms with Crippen molar-refractivity contribution in [2.75, 3.05) is 5.73 Å². The highest BCUT2D eigenvalue weighted by Gasteiger charge is 2.10. The van der Waals surface area contributed by atoms with Gasteiger partial charge in [-0.05, 0) is 44.8 Å². The van der Waals surface area contributed by atoms with Crippen molar-refractivity contribution in [3.05, 3.63) is 82.8 Å². The van der Waals surface area contributed by atoms with Gasteiger partial charge >= 0.3 is 0 Å². The second-order valence-corrected chi connectivity index (χ2v) is 5.87. The first-order valence-corrected chi connectivity index (χ1v) is 7.84. The topological polar surface area (TPSA) is 35.2 Å². The summed E-state index contributed by atoms with van der Waals surface area (Å²) in [7, 11) is 0. The number of ether oxygens (including phenoxy) is 1. The summed E-state index contributed by atoms with van der Waals surface area (Å²) >= 11 is 3.56. The summed E-state index contributed by atoms with van der Waals surface area (Å²) in [6.07, 6.45) is 0. The Balaban J connectivity index is 1.84. The molecule has 0 saturated carbocycles. The standard InChI is InChI=1S/C19H16BrNO/c20-17-11-16(15-9-5-2-6-10-15)12-18(21)19(17)22-13-14-7-3-1-4-8-14/h1-12H,13,21H2. The van der Waals surface area contributed by atoms with Crippen molar-refractivity contribution < 1.29 is 4.74 Å². The Morgan fingerprint density at radius 2 is 1.45 bits per heavy atom. The molecule has 0 saturated heterocycles. The number of benzene rings is 3. The Kier molecular flexibility index (Phi) is 4.45. The van der Waals surface area contributed by atoms with Crippen molar-refractivity contribution in [3.63, 3.8) is 0 Å². The van der Waals surface area contributed by atoms with Crippen molar-refractivity contribution >= 4 is 21.6 Å². The number of hydrogen-bond acceptors (Lipinski definition) is 2. The predicted octanol–water partition coefficient (Wildman–Crippen LogP) is 5.28. The molecule has 0 aliphatic heterocycles. The van der Waals surface area contributed by atoms with Crippen LogP contribution >= 0.6 is 15.9 Å². The molecule has 0 heterocycles. The smallest absolute Gasteiger partial charge is 0.156 e. The van der Waals surface area contributed by atoms with Crippen LogP contribution in [-0.4, -0.2) is 0 Å². The van der Waals surface area contributed by atoms with Crippen LogP contribution < -0.4 is 10.5 Å². The van der Waals surface area contributed by atoms with Gasteiger partial charge < -0.3 is 10.5 Å².